The first kappa shape index (κ1) is 49.6. The predicted molar refractivity (Wildman–Crippen MR) is 213 cm³/mol. The minimum absolute atomic E-state index is 0.183. The molecule has 0 bridgehead atoms. The lowest BCUT2D eigenvalue weighted by Gasteiger charge is -2.28. The van der Waals surface area contributed by atoms with Crippen molar-refractivity contribution in [3.63, 3.8) is 0 Å². The Hall–Kier alpha value is -5.42. The molecule has 57 heavy (non-hydrogen) atoms. The maximum absolute atomic E-state index is 13.4. The molecule has 12 N–H and O–H groups in total. The minimum atomic E-state index is -1.54. The zero-order valence-electron chi connectivity index (χ0n) is 33.6. The van der Waals surface area contributed by atoms with Gasteiger partial charge in [0.25, 0.3) is 5.91 Å². The van der Waals surface area contributed by atoms with E-state index in [9.17, 15) is 48.6 Å². The number of nitrogens with two attached hydrogens (primary N) is 2. The van der Waals surface area contributed by atoms with E-state index in [2.05, 4.69) is 26.6 Å². The normalized spacial score (nSPS) is 13.2. The molecule has 4 atom stereocenters. The SMILES string of the molecule is CC(C)C(NC(=O)CCCCCCCCCCCNC(=O)c1cc(N)cc(N)c1)C(=O)NC(CCC(=O)O)C(=O)NC(C(=O)NC(CCC(=O)O)C(=O)O)C(C)C. The second-order valence-electron chi connectivity index (χ2n) is 14.9. The van der Waals surface area contributed by atoms with Crippen molar-refractivity contribution in [2.45, 2.75) is 142 Å². The largest absolute Gasteiger partial charge is 0.481 e. The molecule has 1 rings (SSSR count). The van der Waals surface area contributed by atoms with Gasteiger partial charge in [-0.1, -0.05) is 72.6 Å². The minimum Gasteiger partial charge on any atom is -0.481 e. The number of carboxylic acid groups (broad SMARTS) is 3. The molecule has 18 heteroatoms. The number of nitrogens with one attached hydrogen (secondary N) is 5. The Labute approximate surface area is 334 Å². The standard InChI is InChI=1S/C39H63N7O11/c1-23(2)33(45-30(47)14-12-10-8-6-5-7-9-11-13-19-42-35(52)25-20-26(40)22-27(41)21-25)37(54)43-28(15-17-31(48)49)36(53)46-34(24(3)4)38(55)44-29(39(56)57)16-18-32(50)51/h20-24,28-29,33-34H,5-19,40-41H2,1-4H3,(H,42,52)(H,43,54)(H,44,55)(H,45,47)(H,46,53)(H,48,49)(H,50,51)(H,56,57). The fourth-order valence-corrected chi connectivity index (χ4v) is 5.91. The van der Waals surface area contributed by atoms with Gasteiger partial charge in [0.15, 0.2) is 0 Å². The Balaban J connectivity index is 2.56. The Morgan fingerprint density at radius 2 is 0.982 bits per heavy atom. The number of carboxylic acids is 3. The molecule has 0 aliphatic carbocycles. The van der Waals surface area contributed by atoms with Crippen molar-refractivity contribution in [1.29, 1.82) is 0 Å². The first-order chi connectivity index (χ1) is 26.8. The van der Waals surface area contributed by atoms with E-state index in [4.69, 9.17) is 16.6 Å². The number of hydrogen-bond donors (Lipinski definition) is 10. The van der Waals surface area contributed by atoms with E-state index in [0.29, 0.717) is 29.9 Å². The lowest BCUT2D eigenvalue weighted by Crippen LogP contribution is -2.59. The number of nitrogen functional groups attached to an aromatic ring is 2. The first-order valence-corrected chi connectivity index (χ1v) is 19.6. The van der Waals surface area contributed by atoms with Crippen molar-refractivity contribution in [3.05, 3.63) is 23.8 Å². The second kappa shape index (κ2) is 26.4. The monoisotopic (exact) mass is 805 g/mol. The van der Waals surface area contributed by atoms with Gasteiger partial charge in [-0.3, -0.25) is 33.6 Å². The van der Waals surface area contributed by atoms with Gasteiger partial charge in [0, 0.05) is 42.7 Å². The molecule has 0 saturated heterocycles. The summed E-state index contributed by atoms with van der Waals surface area (Å²) in [6.07, 6.45) is 6.78. The average molecular weight is 806 g/mol. The van der Waals surface area contributed by atoms with Gasteiger partial charge in [-0.15, -0.1) is 0 Å². The van der Waals surface area contributed by atoms with Crippen LogP contribution in [0.1, 0.15) is 128 Å². The molecule has 1 aromatic carbocycles. The summed E-state index contributed by atoms with van der Waals surface area (Å²) in [5, 5.41) is 40.4. The van der Waals surface area contributed by atoms with E-state index in [1.54, 1.807) is 45.9 Å². The zero-order chi connectivity index (χ0) is 43.1. The molecule has 0 saturated carbocycles. The first-order valence-electron chi connectivity index (χ1n) is 19.6. The van der Waals surface area contributed by atoms with Crippen molar-refractivity contribution < 1.29 is 53.7 Å². The molecule has 1 aromatic rings. The lowest BCUT2D eigenvalue weighted by atomic mass is 10.00. The Morgan fingerprint density at radius 3 is 1.46 bits per heavy atom. The fraction of sp³-hybridized carbons (Fsp3) is 0.641. The van der Waals surface area contributed by atoms with Gasteiger partial charge in [-0.25, -0.2) is 4.79 Å². The maximum atomic E-state index is 13.4. The van der Waals surface area contributed by atoms with Crippen LogP contribution in [-0.2, 0) is 33.6 Å². The van der Waals surface area contributed by atoms with Crippen LogP contribution in [0.15, 0.2) is 18.2 Å². The Bertz CT molecular complexity index is 1500. The van der Waals surface area contributed by atoms with E-state index < -0.39 is 90.9 Å². The maximum Gasteiger partial charge on any atom is 0.326 e. The number of carbonyl (C=O) groups is 8. The zero-order valence-corrected chi connectivity index (χ0v) is 33.6. The highest BCUT2D eigenvalue weighted by molar-refractivity contribution is 5.96. The van der Waals surface area contributed by atoms with Gasteiger partial charge in [0.2, 0.25) is 23.6 Å². The third kappa shape index (κ3) is 20.9. The Kier molecular flexibility index (Phi) is 23.0. The van der Waals surface area contributed by atoms with Gasteiger partial charge in [-0.05, 0) is 55.7 Å². The van der Waals surface area contributed by atoms with Gasteiger partial charge in [0.1, 0.15) is 24.2 Å². The van der Waals surface area contributed by atoms with Crippen LogP contribution in [0.4, 0.5) is 11.4 Å². The van der Waals surface area contributed by atoms with Crippen molar-refractivity contribution in [2.24, 2.45) is 11.8 Å². The molecule has 0 aromatic heterocycles. The number of amides is 5. The topological polar surface area (TPSA) is 309 Å². The summed E-state index contributed by atoms with van der Waals surface area (Å²) in [4.78, 5) is 98.7. The highest BCUT2D eigenvalue weighted by Crippen LogP contribution is 2.15. The van der Waals surface area contributed by atoms with Crippen LogP contribution in [0.25, 0.3) is 0 Å². The number of benzene rings is 1. The van der Waals surface area contributed by atoms with E-state index in [1.165, 1.54) is 0 Å². The van der Waals surface area contributed by atoms with Crippen molar-refractivity contribution in [2.75, 3.05) is 18.0 Å². The number of carbonyl (C=O) groups excluding carboxylic acids is 5. The van der Waals surface area contributed by atoms with E-state index >= 15 is 0 Å². The highest BCUT2D eigenvalue weighted by atomic mass is 16.4. The van der Waals surface area contributed by atoms with Crippen molar-refractivity contribution in [3.8, 4) is 0 Å². The van der Waals surface area contributed by atoms with Crippen LogP contribution in [0, 0.1) is 11.8 Å². The molecular formula is C39H63N7O11. The van der Waals surface area contributed by atoms with E-state index in [0.717, 1.165) is 51.4 Å². The van der Waals surface area contributed by atoms with Gasteiger partial charge >= 0.3 is 17.9 Å². The molecule has 320 valence electrons. The number of hydrogen-bond acceptors (Lipinski definition) is 10. The van der Waals surface area contributed by atoms with Crippen LogP contribution in [-0.4, -0.2) is 93.5 Å². The van der Waals surface area contributed by atoms with E-state index in [1.807, 2.05) is 0 Å². The second-order valence-corrected chi connectivity index (χ2v) is 14.9. The van der Waals surface area contributed by atoms with Crippen LogP contribution in [0.5, 0.6) is 0 Å². The summed E-state index contributed by atoms with van der Waals surface area (Å²) in [7, 11) is 0. The average Bonchev–Trinajstić information content (AvgIpc) is 3.11. The molecule has 0 aliphatic rings. The van der Waals surface area contributed by atoms with Crippen LogP contribution < -0.4 is 38.1 Å². The number of aliphatic carboxylic acids is 3. The quantitative estimate of drug-likeness (QED) is 0.0412. The predicted octanol–water partition coefficient (Wildman–Crippen LogP) is 2.55. The molecular weight excluding hydrogens is 742 g/mol. The summed E-state index contributed by atoms with van der Waals surface area (Å²) in [5.74, 6) is -8.01. The molecule has 0 radical (unpaired) electrons. The highest BCUT2D eigenvalue weighted by Gasteiger charge is 2.33. The molecule has 0 spiro atoms. The van der Waals surface area contributed by atoms with E-state index in [-0.39, 0.29) is 24.7 Å². The van der Waals surface area contributed by atoms with Crippen LogP contribution in [0.3, 0.4) is 0 Å². The summed E-state index contributed by atoms with van der Waals surface area (Å²) in [6.45, 7) is 7.11. The lowest BCUT2D eigenvalue weighted by molar-refractivity contribution is -0.143. The smallest absolute Gasteiger partial charge is 0.326 e. The van der Waals surface area contributed by atoms with Crippen LogP contribution in [0.2, 0.25) is 0 Å². The van der Waals surface area contributed by atoms with Gasteiger partial charge in [-0.2, -0.15) is 0 Å². The number of anilines is 2. The Morgan fingerprint density at radius 1 is 0.544 bits per heavy atom. The van der Waals surface area contributed by atoms with Gasteiger partial charge in [0.05, 0.1) is 0 Å². The third-order valence-electron chi connectivity index (χ3n) is 9.16. The van der Waals surface area contributed by atoms with Crippen molar-refractivity contribution >= 4 is 58.8 Å². The summed E-state index contributed by atoms with van der Waals surface area (Å²) >= 11 is 0. The third-order valence-corrected chi connectivity index (χ3v) is 9.16. The molecule has 4 unspecified atom stereocenters. The number of unbranched alkanes of at least 4 members (excludes halogenated alkanes) is 8. The molecule has 0 heterocycles. The summed E-state index contributed by atoms with van der Waals surface area (Å²) < 4.78 is 0. The fourth-order valence-electron chi connectivity index (χ4n) is 5.91. The molecule has 0 fully saturated rings. The molecule has 0 aliphatic heterocycles. The van der Waals surface area contributed by atoms with Gasteiger partial charge < -0.3 is 53.4 Å². The molecule has 5 amide bonds. The summed E-state index contributed by atoms with van der Waals surface area (Å²) in [6, 6.07) is -0.530. The molecule has 18 nitrogen and oxygen atoms in total. The van der Waals surface area contributed by atoms with Crippen LogP contribution >= 0.6 is 0 Å². The summed E-state index contributed by atoms with van der Waals surface area (Å²) in [5.41, 5.74) is 12.8. The van der Waals surface area contributed by atoms with Crippen molar-refractivity contribution in [1.82, 2.24) is 26.6 Å². The number of rotatable bonds is 29.